The van der Waals surface area contributed by atoms with E-state index in [-0.39, 0.29) is 5.91 Å². The van der Waals surface area contributed by atoms with E-state index in [4.69, 9.17) is 4.74 Å². The van der Waals surface area contributed by atoms with Gasteiger partial charge in [0.1, 0.15) is 11.5 Å². The zero-order valence-electron chi connectivity index (χ0n) is 14.3. The molecule has 1 amide bonds. The third kappa shape index (κ3) is 3.54. The van der Waals surface area contributed by atoms with Gasteiger partial charge in [0, 0.05) is 6.54 Å². The summed E-state index contributed by atoms with van der Waals surface area (Å²) >= 11 is 0. The van der Waals surface area contributed by atoms with Crippen LogP contribution in [-0.4, -0.2) is 25.5 Å². The highest BCUT2D eigenvalue weighted by atomic mass is 16.5. The number of benzene rings is 2. The van der Waals surface area contributed by atoms with Crippen LogP contribution in [0, 0.1) is 17.8 Å². The van der Waals surface area contributed by atoms with E-state index < -0.39 is 0 Å². The Labute approximate surface area is 148 Å². The molecule has 2 bridgehead atoms. The summed E-state index contributed by atoms with van der Waals surface area (Å²) in [6.07, 6.45) is 2.57. The van der Waals surface area contributed by atoms with Gasteiger partial charge in [0.2, 0.25) is 0 Å². The lowest BCUT2D eigenvalue weighted by atomic mass is 9.86. The molecule has 2 fully saturated rings. The normalized spacial score (nSPS) is 24.7. The van der Waals surface area contributed by atoms with Gasteiger partial charge in [0.25, 0.3) is 5.91 Å². The van der Waals surface area contributed by atoms with Gasteiger partial charge >= 0.3 is 0 Å². The van der Waals surface area contributed by atoms with E-state index in [0.29, 0.717) is 29.1 Å². The Kier molecular flexibility index (Phi) is 4.70. The predicted octanol–water partition coefficient (Wildman–Crippen LogP) is 3.45. The molecule has 130 valence electrons. The van der Waals surface area contributed by atoms with E-state index in [1.807, 2.05) is 54.6 Å². The van der Waals surface area contributed by atoms with Gasteiger partial charge in [-0.25, -0.2) is 0 Å². The quantitative estimate of drug-likeness (QED) is 0.879. The van der Waals surface area contributed by atoms with Crippen molar-refractivity contribution in [2.75, 3.05) is 19.6 Å². The molecule has 2 atom stereocenters. The van der Waals surface area contributed by atoms with Crippen molar-refractivity contribution in [2.24, 2.45) is 17.8 Å². The van der Waals surface area contributed by atoms with Crippen molar-refractivity contribution in [3.63, 3.8) is 0 Å². The zero-order chi connectivity index (χ0) is 17.1. The first-order valence-corrected chi connectivity index (χ1v) is 9.12. The largest absolute Gasteiger partial charge is 0.457 e. The monoisotopic (exact) mass is 336 g/mol. The second-order valence-corrected chi connectivity index (χ2v) is 7.04. The summed E-state index contributed by atoms with van der Waals surface area (Å²) in [6.45, 7) is 2.94. The molecule has 2 unspecified atom stereocenters. The molecular weight excluding hydrogens is 312 g/mol. The second kappa shape index (κ2) is 7.28. The number of para-hydroxylation sites is 2. The minimum atomic E-state index is -0.0514. The summed E-state index contributed by atoms with van der Waals surface area (Å²) in [5, 5.41) is 6.65. The summed E-state index contributed by atoms with van der Waals surface area (Å²) in [7, 11) is 0. The Hall–Kier alpha value is -2.33. The van der Waals surface area contributed by atoms with Gasteiger partial charge in [0.05, 0.1) is 5.56 Å². The number of fused-ring (bicyclic) bond motifs is 2. The van der Waals surface area contributed by atoms with Crippen LogP contribution in [0.5, 0.6) is 11.5 Å². The second-order valence-electron chi connectivity index (χ2n) is 7.04. The van der Waals surface area contributed by atoms with Gasteiger partial charge in [-0.2, -0.15) is 0 Å². The highest BCUT2D eigenvalue weighted by Gasteiger charge is 2.38. The average Bonchev–Trinajstić information content (AvgIpc) is 2.87. The molecule has 2 aromatic carbocycles. The molecule has 1 aliphatic heterocycles. The van der Waals surface area contributed by atoms with Gasteiger partial charge in [-0.05, 0) is 68.0 Å². The van der Waals surface area contributed by atoms with Crippen LogP contribution in [-0.2, 0) is 0 Å². The van der Waals surface area contributed by atoms with Crippen LogP contribution in [0.2, 0.25) is 0 Å². The van der Waals surface area contributed by atoms with E-state index in [2.05, 4.69) is 10.6 Å². The molecule has 0 spiro atoms. The minimum absolute atomic E-state index is 0.0514. The Morgan fingerprint density at radius 2 is 1.68 bits per heavy atom. The van der Waals surface area contributed by atoms with Crippen LogP contribution in [0.4, 0.5) is 0 Å². The number of carbonyl (C=O) groups excluding carboxylic acids is 1. The standard InChI is InChI=1S/C21H24N2O2/c24-21(23-14-19-15-10-11-16(19)13-22-12-15)18-8-4-5-9-20(18)25-17-6-2-1-3-7-17/h1-9,15-16,19,22H,10-14H2,(H,23,24). The number of piperidine rings is 1. The minimum Gasteiger partial charge on any atom is -0.457 e. The van der Waals surface area contributed by atoms with Crippen LogP contribution in [0.3, 0.4) is 0 Å². The topological polar surface area (TPSA) is 50.4 Å². The highest BCUT2D eigenvalue weighted by Crippen LogP contribution is 2.38. The fourth-order valence-corrected chi connectivity index (χ4v) is 4.20. The number of nitrogens with one attached hydrogen (secondary N) is 2. The van der Waals surface area contributed by atoms with E-state index in [9.17, 15) is 4.79 Å². The maximum absolute atomic E-state index is 12.7. The molecule has 4 rings (SSSR count). The molecule has 2 N–H and O–H groups in total. The van der Waals surface area contributed by atoms with E-state index in [1.54, 1.807) is 0 Å². The number of hydrogen-bond acceptors (Lipinski definition) is 3. The Morgan fingerprint density at radius 3 is 2.44 bits per heavy atom. The van der Waals surface area contributed by atoms with Gasteiger partial charge < -0.3 is 15.4 Å². The molecule has 2 aliphatic rings. The number of rotatable bonds is 5. The molecule has 4 heteroatoms. The van der Waals surface area contributed by atoms with Crippen LogP contribution in [0.25, 0.3) is 0 Å². The highest BCUT2D eigenvalue weighted by molar-refractivity contribution is 5.97. The predicted molar refractivity (Wildman–Crippen MR) is 97.9 cm³/mol. The Morgan fingerprint density at radius 1 is 1.00 bits per heavy atom. The molecule has 0 radical (unpaired) electrons. The molecule has 1 saturated heterocycles. The van der Waals surface area contributed by atoms with Crippen molar-refractivity contribution in [1.29, 1.82) is 0 Å². The molecule has 25 heavy (non-hydrogen) atoms. The van der Waals surface area contributed by atoms with Gasteiger partial charge in [-0.3, -0.25) is 4.79 Å². The van der Waals surface area contributed by atoms with Crippen LogP contribution >= 0.6 is 0 Å². The number of carbonyl (C=O) groups is 1. The molecule has 1 heterocycles. The summed E-state index contributed by atoms with van der Waals surface area (Å²) in [4.78, 5) is 12.7. The lowest BCUT2D eigenvalue weighted by molar-refractivity contribution is 0.0932. The fraction of sp³-hybridized carbons (Fsp3) is 0.381. The van der Waals surface area contributed by atoms with Crippen LogP contribution in [0.15, 0.2) is 54.6 Å². The smallest absolute Gasteiger partial charge is 0.255 e. The molecule has 2 aromatic rings. The van der Waals surface area contributed by atoms with Gasteiger partial charge in [0.15, 0.2) is 0 Å². The van der Waals surface area contributed by atoms with Crippen molar-refractivity contribution in [1.82, 2.24) is 10.6 Å². The maximum atomic E-state index is 12.7. The molecular formula is C21H24N2O2. The van der Waals surface area contributed by atoms with E-state index in [1.165, 1.54) is 12.8 Å². The SMILES string of the molecule is O=C(NCC1C2CCC1CNC2)c1ccccc1Oc1ccccc1. The van der Waals surface area contributed by atoms with Crippen LogP contribution in [0.1, 0.15) is 23.2 Å². The van der Waals surface area contributed by atoms with Crippen LogP contribution < -0.4 is 15.4 Å². The molecule has 0 aromatic heterocycles. The number of hydrogen-bond donors (Lipinski definition) is 2. The fourth-order valence-electron chi connectivity index (χ4n) is 4.20. The van der Waals surface area contributed by atoms with E-state index >= 15 is 0 Å². The van der Waals surface area contributed by atoms with Crippen molar-refractivity contribution in [3.05, 3.63) is 60.2 Å². The lowest BCUT2D eigenvalue weighted by Gasteiger charge is -2.30. The summed E-state index contributed by atoms with van der Waals surface area (Å²) in [5.41, 5.74) is 0.590. The average molecular weight is 336 g/mol. The molecule has 1 saturated carbocycles. The Balaban J connectivity index is 1.43. The summed E-state index contributed by atoms with van der Waals surface area (Å²) in [6, 6.07) is 17.0. The number of ether oxygens (including phenoxy) is 1. The number of amides is 1. The van der Waals surface area contributed by atoms with Crippen molar-refractivity contribution >= 4 is 5.91 Å². The third-order valence-electron chi connectivity index (χ3n) is 5.53. The van der Waals surface area contributed by atoms with Crippen molar-refractivity contribution in [3.8, 4) is 11.5 Å². The summed E-state index contributed by atoms with van der Waals surface area (Å²) in [5.74, 6) is 3.29. The van der Waals surface area contributed by atoms with Gasteiger partial charge in [-0.1, -0.05) is 30.3 Å². The van der Waals surface area contributed by atoms with E-state index in [0.717, 1.165) is 25.4 Å². The zero-order valence-corrected chi connectivity index (χ0v) is 14.3. The van der Waals surface area contributed by atoms with Gasteiger partial charge in [-0.15, -0.1) is 0 Å². The summed E-state index contributed by atoms with van der Waals surface area (Å²) < 4.78 is 5.91. The first kappa shape index (κ1) is 16.2. The maximum Gasteiger partial charge on any atom is 0.255 e. The first-order chi connectivity index (χ1) is 12.3. The molecule has 1 aliphatic carbocycles. The first-order valence-electron chi connectivity index (χ1n) is 9.12. The van der Waals surface area contributed by atoms with Crippen molar-refractivity contribution < 1.29 is 9.53 Å². The molecule has 4 nitrogen and oxygen atoms in total. The third-order valence-corrected chi connectivity index (χ3v) is 5.53. The lowest BCUT2D eigenvalue weighted by Crippen LogP contribution is -2.43. The Bertz CT molecular complexity index is 716. The van der Waals surface area contributed by atoms with Crippen molar-refractivity contribution in [2.45, 2.75) is 12.8 Å².